The number of hydrogen-bond donors (Lipinski definition) is 3. The highest BCUT2D eigenvalue weighted by Crippen LogP contribution is 2.47. The molecule has 0 spiro atoms. The van der Waals surface area contributed by atoms with Gasteiger partial charge >= 0.3 is 0 Å². The lowest BCUT2D eigenvalue weighted by atomic mass is 9.95. The van der Waals surface area contributed by atoms with Crippen LogP contribution in [0.3, 0.4) is 0 Å². The van der Waals surface area contributed by atoms with E-state index in [1.807, 2.05) is 38.1 Å². The standard InChI is InChI=1S/C21H26N4OS/c1-13(11-22)19(24-3)16-9-17(27-14(16)2)20(26)25-18-10-21(18,12-23)15-7-5-4-6-8-15/h4-9,11,18H,10,12,22-23H2,1-3H3,(H,25,26). The Morgan fingerprint density at radius 2 is 2.11 bits per heavy atom. The number of allylic oxidation sites excluding steroid dienone is 1. The van der Waals surface area contributed by atoms with Crippen molar-refractivity contribution in [2.24, 2.45) is 16.5 Å². The van der Waals surface area contributed by atoms with Crippen LogP contribution in [0.15, 0.2) is 53.2 Å². The molecule has 142 valence electrons. The molecular formula is C21H26N4OS. The molecule has 1 aromatic carbocycles. The van der Waals surface area contributed by atoms with Crippen LogP contribution in [-0.2, 0) is 5.41 Å². The molecule has 0 saturated heterocycles. The second-order valence-electron chi connectivity index (χ2n) is 6.96. The van der Waals surface area contributed by atoms with Crippen LogP contribution in [0.1, 0.15) is 39.0 Å². The molecule has 5 N–H and O–H groups in total. The third kappa shape index (κ3) is 3.55. The molecular weight excluding hydrogens is 356 g/mol. The van der Waals surface area contributed by atoms with Gasteiger partial charge in [-0.05, 0) is 43.7 Å². The van der Waals surface area contributed by atoms with Gasteiger partial charge in [0.1, 0.15) is 0 Å². The molecule has 27 heavy (non-hydrogen) atoms. The number of carbonyl (C=O) groups is 1. The first-order chi connectivity index (χ1) is 13.0. The van der Waals surface area contributed by atoms with Crippen molar-refractivity contribution in [2.75, 3.05) is 13.6 Å². The molecule has 0 bridgehead atoms. The summed E-state index contributed by atoms with van der Waals surface area (Å²) in [6.45, 7) is 4.43. The zero-order chi connectivity index (χ0) is 19.6. The van der Waals surface area contributed by atoms with Gasteiger partial charge in [0.15, 0.2) is 0 Å². The van der Waals surface area contributed by atoms with Crippen LogP contribution in [0, 0.1) is 6.92 Å². The Hall–Kier alpha value is -2.44. The van der Waals surface area contributed by atoms with Crippen LogP contribution >= 0.6 is 11.3 Å². The van der Waals surface area contributed by atoms with Crippen molar-refractivity contribution < 1.29 is 4.79 Å². The second kappa shape index (κ2) is 7.66. The fourth-order valence-corrected chi connectivity index (χ4v) is 4.50. The molecule has 0 aliphatic heterocycles. The van der Waals surface area contributed by atoms with Gasteiger partial charge in [-0.2, -0.15) is 0 Å². The fraction of sp³-hybridized carbons (Fsp3) is 0.333. The van der Waals surface area contributed by atoms with E-state index in [4.69, 9.17) is 11.5 Å². The van der Waals surface area contributed by atoms with Crippen molar-refractivity contribution in [3.05, 3.63) is 69.1 Å². The van der Waals surface area contributed by atoms with E-state index in [1.165, 1.54) is 16.9 Å². The van der Waals surface area contributed by atoms with Crippen LogP contribution in [0.4, 0.5) is 0 Å². The third-order valence-corrected chi connectivity index (χ3v) is 6.39. The van der Waals surface area contributed by atoms with Gasteiger partial charge < -0.3 is 16.8 Å². The van der Waals surface area contributed by atoms with Crippen molar-refractivity contribution in [1.29, 1.82) is 0 Å². The van der Waals surface area contributed by atoms with Crippen LogP contribution < -0.4 is 16.8 Å². The number of aliphatic imine (C=N–C) groups is 1. The first-order valence-corrected chi connectivity index (χ1v) is 9.81. The number of carbonyl (C=O) groups excluding carboxylic acids is 1. The molecule has 1 fully saturated rings. The fourth-order valence-electron chi connectivity index (χ4n) is 3.57. The summed E-state index contributed by atoms with van der Waals surface area (Å²) in [5.74, 6) is -0.0598. The van der Waals surface area contributed by atoms with Gasteiger partial charge in [-0.15, -0.1) is 11.3 Å². The summed E-state index contributed by atoms with van der Waals surface area (Å²) in [5, 5.41) is 3.16. The highest BCUT2D eigenvalue weighted by molar-refractivity contribution is 7.14. The van der Waals surface area contributed by atoms with Crippen molar-refractivity contribution in [3.8, 4) is 0 Å². The van der Waals surface area contributed by atoms with Gasteiger partial charge in [0, 0.05) is 35.5 Å². The average Bonchev–Trinajstić information content (AvgIpc) is 3.27. The Morgan fingerprint density at radius 3 is 2.70 bits per heavy atom. The summed E-state index contributed by atoms with van der Waals surface area (Å²) >= 11 is 1.48. The molecule has 2 atom stereocenters. The van der Waals surface area contributed by atoms with Gasteiger partial charge in [0.25, 0.3) is 5.91 Å². The Morgan fingerprint density at radius 1 is 1.41 bits per heavy atom. The number of amides is 1. The first-order valence-electron chi connectivity index (χ1n) is 8.99. The van der Waals surface area contributed by atoms with E-state index in [0.717, 1.165) is 28.1 Å². The summed E-state index contributed by atoms with van der Waals surface area (Å²) in [6.07, 6.45) is 2.41. The minimum Gasteiger partial charge on any atom is -0.404 e. The zero-order valence-electron chi connectivity index (χ0n) is 16.0. The van der Waals surface area contributed by atoms with Crippen LogP contribution in [-0.4, -0.2) is 31.3 Å². The Labute approximate surface area is 164 Å². The topological polar surface area (TPSA) is 93.5 Å². The van der Waals surface area contributed by atoms with Gasteiger partial charge in [0.05, 0.1) is 10.6 Å². The minimum absolute atomic E-state index is 0.0598. The quantitative estimate of drug-likeness (QED) is 0.671. The predicted molar refractivity (Wildman–Crippen MR) is 113 cm³/mol. The molecule has 0 radical (unpaired) electrons. The number of benzene rings is 1. The van der Waals surface area contributed by atoms with Gasteiger partial charge in [-0.25, -0.2) is 0 Å². The molecule has 6 heteroatoms. The highest BCUT2D eigenvalue weighted by Gasteiger charge is 2.55. The zero-order valence-corrected chi connectivity index (χ0v) is 16.8. The molecule has 1 saturated carbocycles. The molecule has 5 nitrogen and oxygen atoms in total. The summed E-state index contributed by atoms with van der Waals surface area (Å²) < 4.78 is 0. The van der Waals surface area contributed by atoms with E-state index < -0.39 is 0 Å². The number of aryl methyl sites for hydroxylation is 1. The van der Waals surface area contributed by atoms with E-state index in [-0.39, 0.29) is 17.4 Å². The number of nitrogens with two attached hydrogens (primary N) is 2. The van der Waals surface area contributed by atoms with Crippen molar-refractivity contribution in [1.82, 2.24) is 5.32 Å². The SMILES string of the molecule is CN=C(C(C)=CN)c1cc(C(=O)NC2CC2(CN)c2ccccc2)sc1C. The Kier molecular flexibility index (Phi) is 5.48. The Bertz CT molecular complexity index is 900. The number of hydrogen-bond acceptors (Lipinski definition) is 5. The van der Waals surface area contributed by atoms with Crippen LogP contribution in [0.2, 0.25) is 0 Å². The van der Waals surface area contributed by atoms with E-state index >= 15 is 0 Å². The largest absolute Gasteiger partial charge is 0.404 e. The normalized spacial score (nSPS) is 22.6. The predicted octanol–water partition coefficient (Wildman–Crippen LogP) is 2.74. The lowest BCUT2D eigenvalue weighted by molar-refractivity contribution is 0.0952. The van der Waals surface area contributed by atoms with Crippen molar-refractivity contribution in [2.45, 2.75) is 31.7 Å². The van der Waals surface area contributed by atoms with E-state index in [0.29, 0.717) is 11.4 Å². The molecule has 1 aliphatic carbocycles. The smallest absolute Gasteiger partial charge is 0.261 e. The first kappa shape index (κ1) is 19.3. The second-order valence-corrected chi connectivity index (χ2v) is 8.22. The average molecular weight is 383 g/mol. The summed E-state index contributed by atoms with van der Waals surface area (Å²) in [7, 11) is 1.73. The van der Waals surface area contributed by atoms with E-state index in [2.05, 4.69) is 22.4 Å². The van der Waals surface area contributed by atoms with Gasteiger partial charge in [-0.1, -0.05) is 30.3 Å². The highest BCUT2D eigenvalue weighted by atomic mass is 32.1. The lowest BCUT2D eigenvalue weighted by Gasteiger charge is -2.16. The molecule has 1 amide bonds. The van der Waals surface area contributed by atoms with Crippen LogP contribution in [0.5, 0.6) is 0 Å². The molecule has 1 aliphatic rings. The van der Waals surface area contributed by atoms with Crippen molar-refractivity contribution in [3.63, 3.8) is 0 Å². The van der Waals surface area contributed by atoms with Gasteiger partial charge in [-0.3, -0.25) is 9.79 Å². The molecule has 2 unspecified atom stereocenters. The monoisotopic (exact) mass is 382 g/mol. The summed E-state index contributed by atoms with van der Waals surface area (Å²) in [4.78, 5) is 18.9. The molecule has 1 heterocycles. The number of nitrogens with zero attached hydrogens (tertiary/aromatic N) is 1. The molecule has 2 aromatic rings. The molecule has 3 rings (SSSR count). The van der Waals surface area contributed by atoms with Crippen LogP contribution in [0.25, 0.3) is 0 Å². The Balaban J connectivity index is 1.78. The minimum atomic E-state index is -0.152. The third-order valence-electron chi connectivity index (χ3n) is 5.34. The maximum atomic E-state index is 12.8. The van der Waals surface area contributed by atoms with Gasteiger partial charge in [0.2, 0.25) is 0 Å². The number of rotatable bonds is 6. The maximum Gasteiger partial charge on any atom is 0.261 e. The summed E-state index contributed by atoms with van der Waals surface area (Å²) in [5.41, 5.74) is 15.4. The maximum absolute atomic E-state index is 12.8. The van der Waals surface area contributed by atoms with E-state index in [9.17, 15) is 4.79 Å². The summed E-state index contributed by atoms with van der Waals surface area (Å²) in [6, 6.07) is 12.1. The van der Waals surface area contributed by atoms with Crippen molar-refractivity contribution >= 4 is 23.0 Å². The molecule has 1 aromatic heterocycles. The number of nitrogens with one attached hydrogen (secondary N) is 1. The van der Waals surface area contributed by atoms with E-state index in [1.54, 1.807) is 13.2 Å². The lowest BCUT2D eigenvalue weighted by Crippen LogP contribution is -2.34. The number of thiophene rings is 1.